The molecule has 3 rings (SSSR count). The van der Waals surface area contributed by atoms with Gasteiger partial charge in [-0.1, -0.05) is 34.8 Å². The molecule has 0 spiro atoms. The highest BCUT2D eigenvalue weighted by Gasteiger charge is 2.27. The van der Waals surface area contributed by atoms with Crippen molar-refractivity contribution in [2.24, 2.45) is 0 Å². The van der Waals surface area contributed by atoms with Crippen LogP contribution in [0.25, 0.3) is 5.82 Å². The molecule has 1 aromatic carbocycles. The van der Waals surface area contributed by atoms with Gasteiger partial charge in [0, 0.05) is 38.4 Å². The summed E-state index contributed by atoms with van der Waals surface area (Å²) in [5.41, 5.74) is 0.578. The predicted molar refractivity (Wildman–Crippen MR) is 121 cm³/mol. The third-order valence-electron chi connectivity index (χ3n) is 4.14. The van der Waals surface area contributed by atoms with Crippen LogP contribution in [0.15, 0.2) is 41.1 Å². The van der Waals surface area contributed by atoms with Crippen LogP contribution in [-0.2, 0) is 0 Å². The Kier molecular flexibility index (Phi) is 6.71. The number of nitrogens with zero attached hydrogens (tertiary/aromatic N) is 5. The van der Waals surface area contributed by atoms with Gasteiger partial charge in [0.1, 0.15) is 10.3 Å². The number of carbonyl (C=O) groups is 2. The van der Waals surface area contributed by atoms with E-state index in [2.05, 4.69) is 26.0 Å². The van der Waals surface area contributed by atoms with E-state index in [0.29, 0.717) is 9.63 Å². The summed E-state index contributed by atoms with van der Waals surface area (Å²) in [6.07, 6.45) is 1.54. The van der Waals surface area contributed by atoms with E-state index in [0.717, 1.165) is 0 Å². The first kappa shape index (κ1) is 22.6. The second kappa shape index (κ2) is 8.93. The first-order chi connectivity index (χ1) is 14.1. The average Bonchev–Trinajstić information content (AvgIpc) is 3.07. The average molecular weight is 532 g/mol. The standard InChI is InChI=1S/C19H15BrCl3N5O2/c1-26(2)18(29)11-7-10(21)8-13(23)16(11)27(3)19(30)14-9-15(20)25-28(14)17-12(22)5-4-6-24-17/h4-9H,1-3H3. The topological polar surface area (TPSA) is 71.3 Å². The van der Waals surface area contributed by atoms with Gasteiger partial charge in [0.05, 0.1) is 21.3 Å². The highest BCUT2D eigenvalue weighted by atomic mass is 79.9. The van der Waals surface area contributed by atoms with E-state index in [1.807, 2.05) is 0 Å². The van der Waals surface area contributed by atoms with Crippen molar-refractivity contribution in [3.63, 3.8) is 0 Å². The van der Waals surface area contributed by atoms with Crippen molar-refractivity contribution in [3.05, 3.63) is 67.5 Å². The highest BCUT2D eigenvalue weighted by molar-refractivity contribution is 9.10. The van der Waals surface area contributed by atoms with Crippen molar-refractivity contribution >= 4 is 68.2 Å². The SMILES string of the molecule is CN(C)C(=O)c1cc(Cl)cc(Cl)c1N(C)C(=O)c1cc(Br)nn1-c1ncccc1Cl. The largest absolute Gasteiger partial charge is 0.345 e. The third kappa shape index (κ3) is 4.32. The van der Waals surface area contributed by atoms with E-state index >= 15 is 0 Å². The first-order valence-electron chi connectivity index (χ1n) is 8.47. The fourth-order valence-corrected chi connectivity index (χ4v) is 3.98. The maximum absolute atomic E-state index is 13.4. The lowest BCUT2D eigenvalue weighted by Crippen LogP contribution is -2.32. The van der Waals surface area contributed by atoms with Crippen LogP contribution >= 0.6 is 50.7 Å². The summed E-state index contributed by atoms with van der Waals surface area (Å²) in [4.78, 5) is 32.9. The molecule has 156 valence electrons. The molecule has 7 nitrogen and oxygen atoms in total. The van der Waals surface area contributed by atoms with Crippen molar-refractivity contribution in [3.8, 4) is 5.82 Å². The first-order valence-corrected chi connectivity index (χ1v) is 10.4. The molecule has 0 atom stereocenters. The van der Waals surface area contributed by atoms with Crippen LogP contribution < -0.4 is 4.90 Å². The fraction of sp³-hybridized carbons (Fsp3) is 0.158. The summed E-state index contributed by atoms with van der Waals surface area (Å²) in [6.45, 7) is 0. The predicted octanol–water partition coefficient (Wildman–Crippen LogP) is 4.97. The molecule has 2 heterocycles. The van der Waals surface area contributed by atoms with E-state index < -0.39 is 5.91 Å². The number of rotatable bonds is 4. The Morgan fingerprint density at radius 1 is 1.03 bits per heavy atom. The maximum atomic E-state index is 13.4. The molecular formula is C19H15BrCl3N5O2. The van der Waals surface area contributed by atoms with Crippen LogP contribution in [0.2, 0.25) is 15.1 Å². The second-order valence-corrected chi connectivity index (χ2v) is 8.48. The normalized spacial score (nSPS) is 10.8. The molecular weight excluding hydrogens is 517 g/mol. The van der Waals surface area contributed by atoms with Gasteiger partial charge >= 0.3 is 0 Å². The second-order valence-electron chi connectivity index (χ2n) is 6.42. The molecule has 0 N–H and O–H groups in total. The van der Waals surface area contributed by atoms with Crippen LogP contribution in [-0.4, -0.2) is 52.6 Å². The maximum Gasteiger partial charge on any atom is 0.276 e. The number of benzene rings is 1. The van der Waals surface area contributed by atoms with E-state index in [4.69, 9.17) is 34.8 Å². The van der Waals surface area contributed by atoms with Gasteiger partial charge in [-0.25, -0.2) is 9.67 Å². The summed E-state index contributed by atoms with van der Waals surface area (Å²) < 4.78 is 1.73. The van der Waals surface area contributed by atoms with Gasteiger partial charge in [-0.15, -0.1) is 0 Å². The van der Waals surface area contributed by atoms with E-state index in [9.17, 15) is 9.59 Å². The molecule has 0 saturated carbocycles. The number of halogens is 4. The van der Waals surface area contributed by atoms with Gasteiger partial charge < -0.3 is 9.80 Å². The monoisotopic (exact) mass is 529 g/mol. The zero-order chi connectivity index (χ0) is 22.2. The van der Waals surface area contributed by atoms with Crippen molar-refractivity contribution in [1.29, 1.82) is 0 Å². The zero-order valence-electron chi connectivity index (χ0n) is 16.0. The van der Waals surface area contributed by atoms with Gasteiger partial charge in [0.2, 0.25) is 0 Å². The van der Waals surface area contributed by atoms with Gasteiger partial charge in [-0.2, -0.15) is 5.10 Å². The lowest BCUT2D eigenvalue weighted by molar-refractivity contribution is 0.0828. The third-order valence-corrected chi connectivity index (χ3v) is 5.33. The quantitative estimate of drug-likeness (QED) is 0.477. The van der Waals surface area contributed by atoms with Gasteiger partial charge in [-0.3, -0.25) is 9.59 Å². The van der Waals surface area contributed by atoms with Crippen LogP contribution in [0.3, 0.4) is 0 Å². The number of amides is 2. The minimum atomic E-state index is -0.480. The van der Waals surface area contributed by atoms with Crippen molar-refractivity contribution in [2.75, 3.05) is 26.0 Å². The van der Waals surface area contributed by atoms with Crippen molar-refractivity contribution in [2.45, 2.75) is 0 Å². The van der Waals surface area contributed by atoms with E-state index in [1.165, 1.54) is 39.7 Å². The van der Waals surface area contributed by atoms with Crippen LogP contribution in [0, 0.1) is 0 Å². The molecule has 3 aromatic rings. The van der Waals surface area contributed by atoms with Crippen LogP contribution in [0.1, 0.15) is 20.8 Å². The number of hydrogen-bond acceptors (Lipinski definition) is 4. The van der Waals surface area contributed by atoms with Crippen LogP contribution in [0.5, 0.6) is 0 Å². The Morgan fingerprint density at radius 2 is 1.73 bits per heavy atom. The minimum Gasteiger partial charge on any atom is -0.345 e. The van der Waals surface area contributed by atoms with Crippen molar-refractivity contribution < 1.29 is 9.59 Å². The smallest absolute Gasteiger partial charge is 0.276 e. The molecule has 0 aliphatic heterocycles. The Labute approximate surface area is 196 Å². The molecule has 0 aliphatic carbocycles. The molecule has 0 bridgehead atoms. The van der Waals surface area contributed by atoms with Gasteiger partial charge in [0.15, 0.2) is 5.82 Å². The lowest BCUT2D eigenvalue weighted by Gasteiger charge is -2.23. The summed E-state index contributed by atoms with van der Waals surface area (Å²) in [5.74, 6) is -0.545. The van der Waals surface area contributed by atoms with E-state index in [-0.39, 0.29) is 38.7 Å². The summed E-state index contributed by atoms with van der Waals surface area (Å²) in [6, 6.07) is 7.78. The van der Waals surface area contributed by atoms with Gasteiger partial charge in [0.25, 0.3) is 11.8 Å². The van der Waals surface area contributed by atoms with Gasteiger partial charge in [-0.05, 0) is 40.2 Å². The Hall–Kier alpha value is -2.13. The number of aromatic nitrogens is 3. The number of hydrogen-bond donors (Lipinski definition) is 0. The summed E-state index contributed by atoms with van der Waals surface area (Å²) in [7, 11) is 4.70. The highest BCUT2D eigenvalue weighted by Crippen LogP contribution is 2.34. The number of anilines is 1. The Bertz CT molecular complexity index is 1150. The molecule has 0 saturated heterocycles. The van der Waals surface area contributed by atoms with Crippen LogP contribution in [0.4, 0.5) is 5.69 Å². The molecule has 0 aliphatic rings. The molecule has 0 unspecified atom stereocenters. The van der Waals surface area contributed by atoms with Crippen molar-refractivity contribution in [1.82, 2.24) is 19.7 Å². The molecule has 0 radical (unpaired) electrons. The molecule has 11 heteroatoms. The zero-order valence-corrected chi connectivity index (χ0v) is 19.9. The number of carbonyl (C=O) groups excluding carboxylic acids is 2. The summed E-state index contributed by atoms with van der Waals surface area (Å²) >= 11 is 22.0. The van der Waals surface area contributed by atoms with E-state index in [1.54, 1.807) is 32.4 Å². The Morgan fingerprint density at radius 3 is 2.37 bits per heavy atom. The summed E-state index contributed by atoms with van der Waals surface area (Å²) in [5, 5.41) is 5.03. The molecule has 30 heavy (non-hydrogen) atoms. The lowest BCUT2D eigenvalue weighted by atomic mass is 10.1. The molecule has 2 amide bonds. The Balaban J connectivity index is 2.13. The molecule has 2 aromatic heterocycles. The minimum absolute atomic E-state index is 0.157. The number of pyridine rings is 1. The fourth-order valence-electron chi connectivity index (χ4n) is 2.78. The molecule has 0 fully saturated rings.